The van der Waals surface area contributed by atoms with E-state index in [-0.39, 0.29) is 11.9 Å². The van der Waals surface area contributed by atoms with Crippen molar-refractivity contribution >= 4 is 27.3 Å². The van der Waals surface area contributed by atoms with Crippen LogP contribution in [-0.2, 0) is 0 Å². The molecule has 1 atom stereocenters. The number of carbonyl (C=O) groups is 1. The van der Waals surface area contributed by atoms with Crippen molar-refractivity contribution in [2.45, 2.75) is 13.0 Å². The van der Waals surface area contributed by atoms with Gasteiger partial charge in [0, 0.05) is 35.1 Å². The molecular formula is C13H16N2OS. The number of fused-ring (bicyclic) bond motifs is 1. The molecule has 0 aliphatic rings. The molecule has 3 nitrogen and oxygen atoms in total. The third kappa shape index (κ3) is 2.18. The summed E-state index contributed by atoms with van der Waals surface area (Å²) in [6.45, 7) is 2.43. The van der Waals surface area contributed by atoms with Crippen LogP contribution in [0.2, 0.25) is 0 Å². The van der Waals surface area contributed by atoms with Gasteiger partial charge in [0.05, 0.1) is 5.56 Å². The Kier molecular flexibility index (Phi) is 3.45. The summed E-state index contributed by atoms with van der Waals surface area (Å²) in [5, 5.41) is 2.95. The second-order valence-electron chi connectivity index (χ2n) is 4.15. The standard InChI is InChI=1S/C13H16N2OS/c1-9(7-14)15(2)13(16)11-8-17-12-6-4-3-5-10(11)12/h3-6,8-9H,7,14H2,1-2H3. The van der Waals surface area contributed by atoms with Crippen molar-refractivity contribution in [2.75, 3.05) is 13.6 Å². The Morgan fingerprint density at radius 3 is 2.88 bits per heavy atom. The lowest BCUT2D eigenvalue weighted by Gasteiger charge is -2.23. The molecule has 1 aromatic heterocycles. The molecule has 0 aliphatic heterocycles. The smallest absolute Gasteiger partial charge is 0.255 e. The van der Waals surface area contributed by atoms with Crippen LogP contribution in [0.5, 0.6) is 0 Å². The van der Waals surface area contributed by atoms with Crippen molar-refractivity contribution in [3.63, 3.8) is 0 Å². The monoisotopic (exact) mass is 248 g/mol. The highest BCUT2D eigenvalue weighted by Gasteiger charge is 2.19. The fourth-order valence-corrected chi connectivity index (χ4v) is 2.63. The van der Waals surface area contributed by atoms with Crippen LogP contribution in [0.3, 0.4) is 0 Å². The Balaban J connectivity index is 2.37. The van der Waals surface area contributed by atoms with E-state index in [0.717, 1.165) is 15.6 Å². The van der Waals surface area contributed by atoms with Crippen LogP contribution < -0.4 is 5.73 Å². The molecule has 0 saturated carbocycles. The average molecular weight is 248 g/mol. The van der Waals surface area contributed by atoms with Gasteiger partial charge in [0.1, 0.15) is 0 Å². The van der Waals surface area contributed by atoms with Crippen LogP contribution in [-0.4, -0.2) is 30.4 Å². The van der Waals surface area contributed by atoms with Crippen molar-refractivity contribution < 1.29 is 4.79 Å². The lowest BCUT2D eigenvalue weighted by atomic mass is 10.1. The lowest BCUT2D eigenvalue weighted by Crippen LogP contribution is -2.39. The molecule has 0 aliphatic carbocycles. The van der Waals surface area contributed by atoms with Crippen LogP contribution >= 0.6 is 11.3 Å². The molecule has 17 heavy (non-hydrogen) atoms. The number of thiophene rings is 1. The number of hydrogen-bond donors (Lipinski definition) is 1. The van der Waals surface area contributed by atoms with E-state index >= 15 is 0 Å². The topological polar surface area (TPSA) is 46.3 Å². The maximum Gasteiger partial charge on any atom is 0.255 e. The zero-order valence-corrected chi connectivity index (χ0v) is 10.8. The van der Waals surface area contributed by atoms with Gasteiger partial charge in [0.25, 0.3) is 5.91 Å². The molecule has 0 bridgehead atoms. The highest BCUT2D eigenvalue weighted by atomic mass is 32.1. The molecule has 1 heterocycles. The van der Waals surface area contributed by atoms with Gasteiger partial charge in [-0.25, -0.2) is 0 Å². The first-order valence-corrected chi connectivity index (χ1v) is 6.46. The van der Waals surface area contributed by atoms with Gasteiger partial charge in [-0.15, -0.1) is 11.3 Å². The second kappa shape index (κ2) is 4.85. The van der Waals surface area contributed by atoms with Crippen molar-refractivity contribution in [2.24, 2.45) is 5.73 Å². The predicted octanol–water partition coefficient (Wildman–Crippen LogP) is 2.32. The van der Waals surface area contributed by atoms with E-state index in [1.807, 2.05) is 36.6 Å². The largest absolute Gasteiger partial charge is 0.338 e. The molecule has 0 fully saturated rings. The molecule has 0 radical (unpaired) electrons. The SMILES string of the molecule is CC(CN)N(C)C(=O)c1csc2ccccc12. The number of rotatable bonds is 3. The van der Waals surface area contributed by atoms with Gasteiger partial charge in [-0.3, -0.25) is 4.79 Å². The summed E-state index contributed by atoms with van der Waals surface area (Å²) < 4.78 is 1.14. The van der Waals surface area contributed by atoms with E-state index in [1.165, 1.54) is 0 Å². The molecule has 0 saturated heterocycles. The number of likely N-dealkylation sites (N-methyl/N-ethyl adjacent to an activating group) is 1. The lowest BCUT2D eigenvalue weighted by molar-refractivity contribution is 0.0751. The van der Waals surface area contributed by atoms with Crippen LogP contribution in [0.1, 0.15) is 17.3 Å². The Morgan fingerprint density at radius 1 is 1.47 bits per heavy atom. The summed E-state index contributed by atoms with van der Waals surface area (Å²) >= 11 is 1.60. The fourth-order valence-electron chi connectivity index (χ4n) is 1.69. The molecule has 2 aromatic rings. The highest BCUT2D eigenvalue weighted by molar-refractivity contribution is 7.17. The van der Waals surface area contributed by atoms with Gasteiger partial charge in [-0.2, -0.15) is 0 Å². The van der Waals surface area contributed by atoms with Gasteiger partial charge >= 0.3 is 0 Å². The normalized spacial score (nSPS) is 12.6. The number of amides is 1. The zero-order valence-electron chi connectivity index (χ0n) is 10.0. The number of carbonyl (C=O) groups excluding carboxylic acids is 1. The average Bonchev–Trinajstić information content (AvgIpc) is 2.79. The molecular weight excluding hydrogens is 232 g/mol. The van der Waals surface area contributed by atoms with Crippen molar-refractivity contribution in [3.05, 3.63) is 35.2 Å². The van der Waals surface area contributed by atoms with Crippen LogP contribution in [0.4, 0.5) is 0 Å². The van der Waals surface area contributed by atoms with Gasteiger partial charge in [0.2, 0.25) is 0 Å². The Bertz CT molecular complexity index is 535. The molecule has 90 valence electrons. The Morgan fingerprint density at radius 2 is 2.18 bits per heavy atom. The third-order valence-electron chi connectivity index (χ3n) is 3.03. The zero-order chi connectivity index (χ0) is 12.4. The van der Waals surface area contributed by atoms with E-state index in [2.05, 4.69) is 0 Å². The summed E-state index contributed by atoms with van der Waals surface area (Å²) in [7, 11) is 1.80. The minimum absolute atomic E-state index is 0.0420. The van der Waals surface area contributed by atoms with Crippen LogP contribution in [0, 0.1) is 0 Å². The first-order chi connectivity index (χ1) is 8.15. The maximum absolute atomic E-state index is 12.3. The van der Waals surface area contributed by atoms with Crippen molar-refractivity contribution in [1.29, 1.82) is 0 Å². The van der Waals surface area contributed by atoms with E-state index in [9.17, 15) is 4.79 Å². The molecule has 2 rings (SSSR count). The quantitative estimate of drug-likeness (QED) is 0.906. The minimum Gasteiger partial charge on any atom is -0.338 e. The van der Waals surface area contributed by atoms with Crippen LogP contribution in [0.25, 0.3) is 10.1 Å². The molecule has 1 unspecified atom stereocenters. The summed E-state index contributed by atoms with van der Waals surface area (Å²) in [6, 6.07) is 8.02. The Hall–Kier alpha value is -1.39. The summed E-state index contributed by atoms with van der Waals surface area (Å²) in [5.74, 6) is 0.0420. The summed E-state index contributed by atoms with van der Waals surface area (Å²) in [5.41, 5.74) is 6.36. The first-order valence-electron chi connectivity index (χ1n) is 5.58. The molecule has 0 spiro atoms. The Labute approximate surface area is 105 Å². The van der Waals surface area contributed by atoms with Gasteiger partial charge in [-0.05, 0) is 13.0 Å². The number of benzene rings is 1. The predicted molar refractivity (Wildman–Crippen MR) is 72.4 cm³/mol. The molecule has 1 aromatic carbocycles. The van der Waals surface area contributed by atoms with Gasteiger partial charge in [0.15, 0.2) is 0 Å². The second-order valence-corrected chi connectivity index (χ2v) is 5.06. The third-order valence-corrected chi connectivity index (χ3v) is 4.00. The number of nitrogens with zero attached hydrogens (tertiary/aromatic N) is 1. The van der Waals surface area contributed by atoms with Crippen LogP contribution in [0.15, 0.2) is 29.6 Å². The highest BCUT2D eigenvalue weighted by Crippen LogP contribution is 2.26. The van der Waals surface area contributed by atoms with E-state index in [1.54, 1.807) is 23.3 Å². The van der Waals surface area contributed by atoms with Crippen molar-refractivity contribution in [1.82, 2.24) is 4.90 Å². The summed E-state index contributed by atoms with van der Waals surface area (Å²) in [4.78, 5) is 14.0. The van der Waals surface area contributed by atoms with Crippen molar-refractivity contribution in [3.8, 4) is 0 Å². The van der Waals surface area contributed by atoms with Gasteiger partial charge in [-0.1, -0.05) is 18.2 Å². The molecule has 2 N–H and O–H groups in total. The molecule has 1 amide bonds. The van der Waals surface area contributed by atoms with E-state index < -0.39 is 0 Å². The maximum atomic E-state index is 12.3. The number of nitrogens with two attached hydrogens (primary N) is 1. The van der Waals surface area contributed by atoms with E-state index in [0.29, 0.717) is 6.54 Å². The molecule has 4 heteroatoms. The first kappa shape index (κ1) is 12.1. The fraction of sp³-hybridized carbons (Fsp3) is 0.308. The van der Waals surface area contributed by atoms with E-state index in [4.69, 9.17) is 5.73 Å². The minimum atomic E-state index is 0.0420. The van der Waals surface area contributed by atoms with Gasteiger partial charge < -0.3 is 10.6 Å². The number of hydrogen-bond acceptors (Lipinski definition) is 3. The summed E-state index contributed by atoms with van der Waals surface area (Å²) in [6.07, 6.45) is 0.